The molecule has 0 atom stereocenters. The molecule has 7 nitrogen and oxygen atoms in total. The molecule has 2 aromatic rings. The SMILES string of the molecule is CN(C)C(=O)c1ccc(Oc2cccnc2C(=O)O)nc1. The van der Waals surface area contributed by atoms with Gasteiger partial charge >= 0.3 is 5.97 Å². The van der Waals surface area contributed by atoms with E-state index in [1.807, 2.05) is 0 Å². The number of hydrogen-bond acceptors (Lipinski definition) is 5. The van der Waals surface area contributed by atoms with Crippen LogP contribution in [0, 0.1) is 0 Å². The third-order valence-corrected chi connectivity index (χ3v) is 2.58. The standard InChI is InChI=1S/C14H13N3O4/c1-17(2)13(18)9-5-6-11(16-8-9)21-10-4-3-7-15-12(10)14(19)20/h3-8H,1-2H3,(H,19,20). The van der Waals surface area contributed by atoms with Crippen molar-refractivity contribution in [3.63, 3.8) is 0 Å². The van der Waals surface area contributed by atoms with Crippen LogP contribution < -0.4 is 4.74 Å². The summed E-state index contributed by atoms with van der Waals surface area (Å²) in [6.45, 7) is 0. The molecule has 7 heteroatoms. The van der Waals surface area contributed by atoms with Crippen molar-refractivity contribution in [2.45, 2.75) is 0 Å². The maximum Gasteiger partial charge on any atom is 0.358 e. The number of amides is 1. The molecule has 0 saturated heterocycles. The van der Waals surface area contributed by atoms with Crippen LogP contribution in [-0.4, -0.2) is 45.9 Å². The molecule has 0 radical (unpaired) electrons. The molecule has 0 aliphatic carbocycles. The van der Waals surface area contributed by atoms with Crippen LogP contribution in [0.4, 0.5) is 0 Å². The predicted octanol–water partition coefficient (Wildman–Crippen LogP) is 1.67. The van der Waals surface area contributed by atoms with E-state index in [0.717, 1.165) is 0 Å². The van der Waals surface area contributed by atoms with Crippen molar-refractivity contribution < 1.29 is 19.4 Å². The Bertz CT molecular complexity index is 668. The van der Waals surface area contributed by atoms with Crippen molar-refractivity contribution in [3.05, 3.63) is 47.9 Å². The zero-order chi connectivity index (χ0) is 15.4. The summed E-state index contributed by atoms with van der Waals surface area (Å²) < 4.78 is 5.39. The van der Waals surface area contributed by atoms with Crippen LogP contribution >= 0.6 is 0 Å². The van der Waals surface area contributed by atoms with Gasteiger partial charge in [0.05, 0.1) is 5.56 Å². The van der Waals surface area contributed by atoms with Crippen molar-refractivity contribution in [1.29, 1.82) is 0 Å². The number of carboxylic acid groups (broad SMARTS) is 1. The van der Waals surface area contributed by atoms with Gasteiger partial charge in [0.15, 0.2) is 11.4 Å². The Labute approximate surface area is 120 Å². The van der Waals surface area contributed by atoms with Gasteiger partial charge in [-0.25, -0.2) is 14.8 Å². The van der Waals surface area contributed by atoms with E-state index in [-0.39, 0.29) is 23.2 Å². The van der Waals surface area contributed by atoms with Crippen molar-refractivity contribution in [3.8, 4) is 11.6 Å². The normalized spacial score (nSPS) is 10.0. The van der Waals surface area contributed by atoms with E-state index >= 15 is 0 Å². The lowest BCUT2D eigenvalue weighted by molar-refractivity contribution is 0.0687. The second kappa shape index (κ2) is 6.00. The summed E-state index contributed by atoms with van der Waals surface area (Å²) in [5.74, 6) is -1.10. The molecule has 2 rings (SSSR count). The lowest BCUT2D eigenvalue weighted by Crippen LogP contribution is -2.21. The van der Waals surface area contributed by atoms with E-state index < -0.39 is 5.97 Å². The zero-order valence-corrected chi connectivity index (χ0v) is 11.5. The summed E-state index contributed by atoms with van der Waals surface area (Å²) in [6, 6.07) is 6.10. The van der Waals surface area contributed by atoms with Crippen LogP contribution in [-0.2, 0) is 0 Å². The van der Waals surface area contributed by atoms with Crippen LogP contribution in [0.25, 0.3) is 0 Å². The van der Waals surface area contributed by atoms with E-state index in [1.54, 1.807) is 26.2 Å². The van der Waals surface area contributed by atoms with Crippen LogP contribution in [0.5, 0.6) is 11.6 Å². The number of carbonyl (C=O) groups excluding carboxylic acids is 1. The molecule has 0 fully saturated rings. The molecule has 1 amide bonds. The highest BCUT2D eigenvalue weighted by atomic mass is 16.5. The van der Waals surface area contributed by atoms with Gasteiger partial charge in [-0.2, -0.15) is 0 Å². The predicted molar refractivity (Wildman–Crippen MR) is 73.5 cm³/mol. The van der Waals surface area contributed by atoms with E-state index in [4.69, 9.17) is 9.84 Å². The molecule has 0 bridgehead atoms. The van der Waals surface area contributed by atoms with Gasteiger partial charge in [-0.3, -0.25) is 4.79 Å². The van der Waals surface area contributed by atoms with E-state index in [1.165, 1.54) is 29.4 Å². The largest absolute Gasteiger partial charge is 0.476 e. The summed E-state index contributed by atoms with van der Waals surface area (Å²) in [5, 5.41) is 9.01. The van der Waals surface area contributed by atoms with Gasteiger partial charge in [0.1, 0.15) is 0 Å². The summed E-state index contributed by atoms with van der Waals surface area (Å²) in [7, 11) is 3.28. The third-order valence-electron chi connectivity index (χ3n) is 2.58. The fraction of sp³-hybridized carbons (Fsp3) is 0.143. The monoisotopic (exact) mass is 287 g/mol. The average Bonchev–Trinajstić information content (AvgIpc) is 2.47. The Morgan fingerprint density at radius 2 is 1.95 bits per heavy atom. The van der Waals surface area contributed by atoms with E-state index in [0.29, 0.717) is 5.56 Å². The van der Waals surface area contributed by atoms with Crippen molar-refractivity contribution in [2.24, 2.45) is 0 Å². The molecular formula is C14H13N3O4. The van der Waals surface area contributed by atoms with Crippen LogP contribution in [0.15, 0.2) is 36.7 Å². The summed E-state index contributed by atoms with van der Waals surface area (Å²) in [5.41, 5.74) is 0.213. The number of aromatic carboxylic acids is 1. The fourth-order valence-corrected chi connectivity index (χ4v) is 1.57. The Kier molecular flexibility index (Phi) is 4.13. The zero-order valence-electron chi connectivity index (χ0n) is 11.5. The molecule has 1 N–H and O–H groups in total. The summed E-state index contributed by atoms with van der Waals surface area (Å²) in [4.78, 5) is 31.9. The number of aromatic nitrogens is 2. The quantitative estimate of drug-likeness (QED) is 0.919. The summed E-state index contributed by atoms with van der Waals surface area (Å²) in [6.07, 6.45) is 2.73. The molecule has 0 unspecified atom stereocenters. The number of carboxylic acids is 1. The number of pyridine rings is 2. The van der Waals surface area contributed by atoms with E-state index in [2.05, 4.69) is 9.97 Å². The Morgan fingerprint density at radius 1 is 1.19 bits per heavy atom. The van der Waals surface area contributed by atoms with Gasteiger partial charge in [0.25, 0.3) is 5.91 Å². The second-order valence-corrected chi connectivity index (χ2v) is 4.34. The molecule has 21 heavy (non-hydrogen) atoms. The van der Waals surface area contributed by atoms with Gasteiger partial charge in [-0.15, -0.1) is 0 Å². The Morgan fingerprint density at radius 3 is 2.52 bits per heavy atom. The van der Waals surface area contributed by atoms with Crippen LogP contribution in [0.2, 0.25) is 0 Å². The van der Waals surface area contributed by atoms with Gasteiger partial charge in [-0.05, 0) is 18.2 Å². The highest BCUT2D eigenvalue weighted by Crippen LogP contribution is 2.22. The molecule has 108 valence electrons. The second-order valence-electron chi connectivity index (χ2n) is 4.34. The smallest absolute Gasteiger partial charge is 0.358 e. The van der Waals surface area contributed by atoms with Crippen LogP contribution in [0.1, 0.15) is 20.8 Å². The maximum atomic E-state index is 11.7. The van der Waals surface area contributed by atoms with Gasteiger partial charge in [0.2, 0.25) is 5.88 Å². The minimum atomic E-state index is -1.19. The number of ether oxygens (including phenoxy) is 1. The Balaban J connectivity index is 2.22. The number of hydrogen-bond donors (Lipinski definition) is 1. The highest BCUT2D eigenvalue weighted by molar-refractivity contribution is 5.93. The molecule has 0 saturated carbocycles. The van der Waals surface area contributed by atoms with Crippen molar-refractivity contribution in [1.82, 2.24) is 14.9 Å². The average molecular weight is 287 g/mol. The van der Waals surface area contributed by atoms with Crippen molar-refractivity contribution in [2.75, 3.05) is 14.1 Å². The molecule has 0 aliphatic heterocycles. The molecule has 0 aliphatic rings. The lowest BCUT2D eigenvalue weighted by atomic mass is 10.2. The highest BCUT2D eigenvalue weighted by Gasteiger charge is 2.14. The minimum Gasteiger partial charge on any atom is -0.476 e. The first-order valence-electron chi connectivity index (χ1n) is 6.03. The topological polar surface area (TPSA) is 92.6 Å². The van der Waals surface area contributed by atoms with Gasteiger partial charge in [0, 0.05) is 32.6 Å². The lowest BCUT2D eigenvalue weighted by Gasteiger charge is -2.10. The van der Waals surface area contributed by atoms with Crippen LogP contribution in [0.3, 0.4) is 0 Å². The first kappa shape index (κ1) is 14.4. The molecule has 2 aromatic heterocycles. The Hall–Kier alpha value is -2.96. The molecule has 0 spiro atoms. The number of carbonyl (C=O) groups is 2. The maximum absolute atomic E-state index is 11.7. The van der Waals surface area contributed by atoms with E-state index in [9.17, 15) is 9.59 Å². The summed E-state index contributed by atoms with van der Waals surface area (Å²) >= 11 is 0. The van der Waals surface area contributed by atoms with Crippen molar-refractivity contribution >= 4 is 11.9 Å². The first-order chi connectivity index (χ1) is 9.99. The first-order valence-corrected chi connectivity index (χ1v) is 6.03. The fourth-order valence-electron chi connectivity index (χ4n) is 1.57. The molecule has 0 aromatic carbocycles. The number of nitrogens with zero attached hydrogens (tertiary/aromatic N) is 3. The van der Waals surface area contributed by atoms with Gasteiger partial charge < -0.3 is 14.7 Å². The third kappa shape index (κ3) is 3.33. The molecular weight excluding hydrogens is 274 g/mol. The minimum absolute atomic E-state index is 0.0872. The molecule has 2 heterocycles. The number of rotatable bonds is 4. The van der Waals surface area contributed by atoms with Gasteiger partial charge in [-0.1, -0.05) is 0 Å².